The first-order valence-electron chi connectivity index (χ1n) is 17.9. The molecule has 0 aromatic heterocycles. The molecule has 0 bridgehead atoms. The Morgan fingerprint density at radius 1 is 0.571 bits per heavy atom. The molecule has 246 valence electrons. The molecule has 1 heterocycles. The van der Waals surface area contributed by atoms with Crippen molar-refractivity contribution in [3.63, 3.8) is 0 Å². The largest absolute Gasteiger partial charge is 0.371 e. The Bertz CT molecular complexity index is 898. The lowest BCUT2D eigenvalue weighted by Crippen LogP contribution is -2.62. The molecule has 2 heteroatoms. The number of allylic oxidation sites excluding steroid dienone is 2. The van der Waals surface area contributed by atoms with Crippen molar-refractivity contribution in [2.24, 2.45) is 62.1 Å². The summed E-state index contributed by atoms with van der Waals surface area (Å²) >= 11 is 0. The monoisotopic (exact) mass is 586 g/mol. The summed E-state index contributed by atoms with van der Waals surface area (Å²) in [7, 11) is 0. The molecule has 3 rings (SSSR count). The molecule has 0 amide bonds. The SMILES string of the molecule is CC(C)(C)C1CC=CCC1C(C)(C)CC1CCC(C(C)(C)CC2CNC(C(C)(C)C)[C@H](C(C)(C)C)O2)C(C(C)(C)C)C1. The van der Waals surface area contributed by atoms with E-state index < -0.39 is 0 Å². The van der Waals surface area contributed by atoms with Gasteiger partial charge in [-0.05, 0) is 101 Å². The third-order valence-corrected chi connectivity index (χ3v) is 12.2. The van der Waals surface area contributed by atoms with Gasteiger partial charge in [-0.3, -0.25) is 0 Å². The topological polar surface area (TPSA) is 21.3 Å². The Labute approximate surface area is 264 Å². The maximum absolute atomic E-state index is 7.06. The molecular weight excluding hydrogens is 510 g/mol. The Balaban J connectivity index is 1.75. The van der Waals surface area contributed by atoms with Gasteiger partial charge in [0.25, 0.3) is 0 Å². The van der Waals surface area contributed by atoms with Gasteiger partial charge in [-0.2, -0.15) is 0 Å². The summed E-state index contributed by atoms with van der Waals surface area (Å²) in [5.41, 5.74) is 1.63. The van der Waals surface area contributed by atoms with Gasteiger partial charge in [-0.1, -0.05) is 129 Å². The maximum Gasteiger partial charge on any atom is 0.0785 e. The second kappa shape index (κ2) is 12.5. The highest BCUT2D eigenvalue weighted by Gasteiger charge is 2.49. The van der Waals surface area contributed by atoms with Gasteiger partial charge in [0.15, 0.2) is 0 Å². The van der Waals surface area contributed by atoms with Crippen LogP contribution in [0.5, 0.6) is 0 Å². The van der Waals surface area contributed by atoms with E-state index in [1.54, 1.807) is 0 Å². The van der Waals surface area contributed by atoms with Gasteiger partial charge in [0.1, 0.15) is 0 Å². The molecule has 1 N–H and O–H groups in total. The van der Waals surface area contributed by atoms with Gasteiger partial charge in [0, 0.05) is 12.6 Å². The van der Waals surface area contributed by atoms with Crippen molar-refractivity contribution in [2.75, 3.05) is 6.54 Å². The van der Waals surface area contributed by atoms with Crippen molar-refractivity contribution >= 4 is 0 Å². The first-order valence-corrected chi connectivity index (χ1v) is 17.9. The molecular formula is C40H75NO. The fourth-order valence-corrected chi connectivity index (χ4v) is 9.89. The minimum absolute atomic E-state index is 0.118. The zero-order valence-corrected chi connectivity index (χ0v) is 31.3. The van der Waals surface area contributed by atoms with Gasteiger partial charge in [0.2, 0.25) is 0 Å². The van der Waals surface area contributed by atoms with E-state index in [2.05, 4.69) is 128 Å². The van der Waals surface area contributed by atoms with Crippen LogP contribution in [0, 0.1) is 62.1 Å². The third kappa shape index (κ3) is 8.68. The van der Waals surface area contributed by atoms with E-state index in [4.69, 9.17) is 4.74 Å². The van der Waals surface area contributed by atoms with E-state index in [0.29, 0.717) is 22.3 Å². The second-order valence-electron chi connectivity index (χ2n) is 21.0. The van der Waals surface area contributed by atoms with Gasteiger partial charge in [-0.25, -0.2) is 0 Å². The second-order valence-corrected chi connectivity index (χ2v) is 21.0. The number of rotatable bonds is 6. The van der Waals surface area contributed by atoms with Crippen LogP contribution in [0.3, 0.4) is 0 Å². The summed E-state index contributed by atoms with van der Waals surface area (Å²) in [6, 6.07) is 0.385. The van der Waals surface area contributed by atoms with Crippen LogP contribution in [-0.2, 0) is 4.74 Å². The molecule has 0 spiro atoms. The molecule has 0 aromatic rings. The van der Waals surface area contributed by atoms with Crippen molar-refractivity contribution in [1.29, 1.82) is 0 Å². The van der Waals surface area contributed by atoms with E-state index >= 15 is 0 Å². The summed E-state index contributed by atoms with van der Waals surface area (Å²) in [6.07, 6.45) is 14.7. The number of hydrogen-bond donors (Lipinski definition) is 1. The molecule has 1 aliphatic heterocycles. The van der Waals surface area contributed by atoms with Crippen LogP contribution in [0.15, 0.2) is 12.2 Å². The van der Waals surface area contributed by atoms with E-state index in [1.807, 2.05) is 0 Å². The molecule has 8 atom stereocenters. The van der Waals surface area contributed by atoms with Gasteiger partial charge in [0.05, 0.1) is 12.2 Å². The molecule has 2 aliphatic carbocycles. The van der Waals surface area contributed by atoms with Gasteiger partial charge < -0.3 is 10.1 Å². The molecule has 1 saturated carbocycles. The van der Waals surface area contributed by atoms with Crippen molar-refractivity contribution < 1.29 is 4.74 Å². The van der Waals surface area contributed by atoms with Gasteiger partial charge >= 0.3 is 0 Å². The average molecular weight is 586 g/mol. The Kier molecular flexibility index (Phi) is 10.7. The van der Waals surface area contributed by atoms with Crippen molar-refractivity contribution in [2.45, 2.75) is 174 Å². The highest BCUT2D eigenvalue weighted by molar-refractivity contribution is 5.04. The minimum Gasteiger partial charge on any atom is -0.371 e. The van der Waals surface area contributed by atoms with Gasteiger partial charge in [-0.15, -0.1) is 0 Å². The number of morpholine rings is 1. The predicted octanol–water partition coefficient (Wildman–Crippen LogP) is 11.3. The normalized spacial score (nSPS) is 34.5. The molecule has 3 aliphatic rings. The van der Waals surface area contributed by atoms with Crippen molar-refractivity contribution in [3.05, 3.63) is 12.2 Å². The smallest absolute Gasteiger partial charge is 0.0785 e. The van der Waals surface area contributed by atoms with E-state index in [9.17, 15) is 0 Å². The summed E-state index contributed by atoms with van der Waals surface area (Å²) in [5, 5.41) is 3.98. The van der Waals surface area contributed by atoms with Crippen LogP contribution >= 0.6 is 0 Å². The fourth-order valence-electron chi connectivity index (χ4n) is 9.89. The van der Waals surface area contributed by atoms with Crippen LogP contribution in [0.2, 0.25) is 0 Å². The molecule has 2 fully saturated rings. The molecule has 42 heavy (non-hydrogen) atoms. The number of nitrogens with one attached hydrogen (secondary N) is 1. The number of ether oxygens (including phenoxy) is 1. The van der Waals surface area contributed by atoms with Crippen LogP contribution in [0.25, 0.3) is 0 Å². The Morgan fingerprint density at radius 2 is 1.10 bits per heavy atom. The molecule has 2 nitrogen and oxygen atoms in total. The Hall–Kier alpha value is -0.340. The first-order chi connectivity index (χ1) is 18.8. The summed E-state index contributed by atoms with van der Waals surface area (Å²) in [4.78, 5) is 0. The fraction of sp³-hybridized carbons (Fsp3) is 0.950. The van der Waals surface area contributed by atoms with Crippen LogP contribution in [0.4, 0.5) is 0 Å². The average Bonchev–Trinajstić information content (AvgIpc) is 2.81. The number of hydrogen-bond acceptors (Lipinski definition) is 2. The molecule has 0 aromatic carbocycles. The lowest BCUT2D eigenvalue weighted by molar-refractivity contribution is -0.147. The van der Waals surface area contributed by atoms with E-state index in [1.165, 1.54) is 38.5 Å². The van der Waals surface area contributed by atoms with E-state index in [0.717, 1.165) is 42.6 Å². The maximum atomic E-state index is 7.06. The molecule has 7 unspecified atom stereocenters. The molecule has 0 radical (unpaired) electrons. The van der Waals surface area contributed by atoms with E-state index in [-0.39, 0.29) is 28.5 Å². The Morgan fingerprint density at radius 3 is 1.60 bits per heavy atom. The van der Waals surface area contributed by atoms with Crippen molar-refractivity contribution in [3.8, 4) is 0 Å². The van der Waals surface area contributed by atoms with Crippen molar-refractivity contribution in [1.82, 2.24) is 5.32 Å². The summed E-state index contributed by atoms with van der Waals surface area (Å²) in [6.45, 7) is 40.5. The lowest BCUT2D eigenvalue weighted by atomic mass is 9.53. The lowest BCUT2D eigenvalue weighted by Gasteiger charge is -2.54. The highest BCUT2D eigenvalue weighted by atomic mass is 16.5. The highest BCUT2D eigenvalue weighted by Crippen LogP contribution is 2.56. The standard InChI is InChI=1S/C40H75NO/c1-35(2,3)29-19-17-18-20-30(29)39(13,14)24-27-21-22-31(32(23-27)36(4,5)6)40(15,16)25-28-26-41-33(37(7,8)9)34(42-28)38(10,11)12/h17-18,27-34,41H,19-26H2,1-16H3/t27?,28?,29?,30?,31?,32?,33?,34-/m1/s1. The molecule has 1 saturated heterocycles. The minimum atomic E-state index is 0.118. The summed E-state index contributed by atoms with van der Waals surface area (Å²) in [5.74, 6) is 3.91. The summed E-state index contributed by atoms with van der Waals surface area (Å²) < 4.78 is 7.06. The quantitative estimate of drug-likeness (QED) is 0.313. The predicted molar refractivity (Wildman–Crippen MR) is 185 cm³/mol. The first kappa shape index (κ1) is 36.1. The zero-order chi connectivity index (χ0) is 32.1. The van der Waals surface area contributed by atoms with Crippen LogP contribution < -0.4 is 5.32 Å². The van der Waals surface area contributed by atoms with Crippen LogP contribution in [0.1, 0.15) is 156 Å². The third-order valence-electron chi connectivity index (χ3n) is 12.2. The van der Waals surface area contributed by atoms with Crippen LogP contribution in [-0.4, -0.2) is 24.8 Å². The zero-order valence-electron chi connectivity index (χ0n) is 31.3.